The summed E-state index contributed by atoms with van der Waals surface area (Å²) in [6.45, 7) is 6.67. The number of piperidine rings is 1. The Labute approximate surface area is 163 Å². The molecule has 144 valence electrons. The number of fused-ring (bicyclic) bond motifs is 2. The van der Waals surface area contributed by atoms with Crippen LogP contribution in [0.15, 0.2) is 45.6 Å². The zero-order chi connectivity index (χ0) is 19.3. The van der Waals surface area contributed by atoms with Gasteiger partial charge in [-0.1, -0.05) is 19.9 Å². The third kappa shape index (κ3) is 2.87. The zero-order valence-corrected chi connectivity index (χ0v) is 16.3. The van der Waals surface area contributed by atoms with Crippen LogP contribution in [0.1, 0.15) is 49.7 Å². The lowest BCUT2D eigenvalue weighted by Crippen LogP contribution is -2.26. The van der Waals surface area contributed by atoms with Gasteiger partial charge in [0.05, 0.1) is 11.2 Å². The first-order valence-electron chi connectivity index (χ1n) is 10.1. The van der Waals surface area contributed by atoms with Crippen molar-refractivity contribution >= 4 is 22.0 Å². The predicted molar refractivity (Wildman–Crippen MR) is 113 cm³/mol. The van der Waals surface area contributed by atoms with Crippen molar-refractivity contribution in [1.29, 1.82) is 0 Å². The van der Waals surface area contributed by atoms with Gasteiger partial charge in [-0.2, -0.15) is 0 Å². The van der Waals surface area contributed by atoms with Crippen molar-refractivity contribution < 1.29 is 4.42 Å². The molecule has 0 bridgehead atoms. The standard InChI is InChI=1S/C23H25N3O2/c1-13(2)21-17-11-15(14-7-9-24-10-8-14)3-5-18(17)25-22(21)16-4-6-20-19(12-16)26-23(27)28-20/h3-6,11-14,24-25H,7-10H2,1-2H3,(H,26,27). The molecule has 28 heavy (non-hydrogen) atoms. The van der Waals surface area contributed by atoms with Crippen LogP contribution in [0.5, 0.6) is 0 Å². The van der Waals surface area contributed by atoms with E-state index in [-0.39, 0.29) is 0 Å². The van der Waals surface area contributed by atoms with E-state index >= 15 is 0 Å². The fourth-order valence-corrected chi connectivity index (χ4v) is 4.57. The lowest BCUT2D eigenvalue weighted by atomic mass is 9.88. The predicted octanol–water partition coefficient (Wildman–Crippen LogP) is 4.86. The van der Waals surface area contributed by atoms with Crippen LogP contribution in [0.3, 0.4) is 0 Å². The number of benzene rings is 2. The van der Waals surface area contributed by atoms with Gasteiger partial charge in [0.15, 0.2) is 5.58 Å². The molecule has 5 rings (SSSR count). The number of hydrogen-bond donors (Lipinski definition) is 3. The highest BCUT2D eigenvalue weighted by molar-refractivity contribution is 5.93. The molecule has 2 aromatic heterocycles. The van der Waals surface area contributed by atoms with Crippen LogP contribution in [0.2, 0.25) is 0 Å². The quantitative estimate of drug-likeness (QED) is 0.479. The molecule has 0 unspecified atom stereocenters. The SMILES string of the molecule is CC(C)c1c(-c2ccc3oc(=O)[nH]c3c2)[nH]c2ccc(C3CCNCC3)cc12. The number of aromatic amines is 2. The molecule has 0 spiro atoms. The molecule has 5 nitrogen and oxygen atoms in total. The average molecular weight is 375 g/mol. The Morgan fingerprint density at radius 3 is 2.61 bits per heavy atom. The molecule has 3 N–H and O–H groups in total. The number of nitrogens with one attached hydrogen (secondary N) is 3. The number of H-pyrrole nitrogens is 2. The van der Waals surface area contributed by atoms with Crippen LogP contribution in [-0.4, -0.2) is 23.1 Å². The van der Waals surface area contributed by atoms with Crippen LogP contribution >= 0.6 is 0 Å². The van der Waals surface area contributed by atoms with E-state index in [0.717, 1.165) is 35.4 Å². The van der Waals surface area contributed by atoms with Crippen LogP contribution in [0.4, 0.5) is 0 Å². The Morgan fingerprint density at radius 2 is 1.82 bits per heavy atom. The molecule has 0 atom stereocenters. The fraction of sp³-hybridized carbons (Fsp3) is 0.348. The van der Waals surface area contributed by atoms with Gasteiger partial charge in [-0.25, -0.2) is 4.79 Å². The summed E-state index contributed by atoms with van der Waals surface area (Å²) in [5.41, 5.74) is 7.43. The minimum atomic E-state index is -0.417. The van der Waals surface area contributed by atoms with Crippen molar-refractivity contribution in [3.8, 4) is 11.3 Å². The van der Waals surface area contributed by atoms with Gasteiger partial charge < -0.3 is 14.7 Å². The van der Waals surface area contributed by atoms with E-state index in [1.165, 1.54) is 29.4 Å². The molecule has 0 aliphatic carbocycles. The third-order valence-corrected chi connectivity index (χ3v) is 5.96. The Morgan fingerprint density at radius 1 is 1.00 bits per heavy atom. The zero-order valence-electron chi connectivity index (χ0n) is 16.3. The van der Waals surface area contributed by atoms with Gasteiger partial charge in [0.1, 0.15) is 0 Å². The molecule has 0 radical (unpaired) electrons. The van der Waals surface area contributed by atoms with E-state index in [0.29, 0.717) is 17.4 Å². The number of oxazole rings is 1. The second-order valence-corrected chi connectivity index (χ2v) is 8.12. The first-order chi connectivity index (χ1) is 13.6. The smallest absolute Gasteiger partial charge is 0.408 e. The maximum absolute atomic E-state index is 11.5. The molecule has 0 saturated carbocycles. The summed E-state index contributed by atoms with van der Waals surface area (Å²) in [6, 6.07) is 12.8. The van der Waals surface area contributed by atoms with E-state index < -0.39 is 5.76 Å². The highest BCUT2D eigenvalue weighted by Crippen LogP contribution is 2.38. The molecule has 3 heterocycles. The average Bonchev–Trinajstić information content (AvgIpc) is 3.26. The van der Waals surface area contributed by atoms with Gasteiger partial charge in [0, 0.05) is 16.5 Å². The van der Waals surface area contributed by atoms with E-state index in [1.807, 2.05) is 18.2 Å². The maximum atomic E-state index is 11.5. The summed E-state index contributed by atoms with van der Waals surface area (Å²) in [5.74, 6) is 0.599. The molecule has 2 aromatic carbocycles. The Kier molecular flexibility index (Phi) is 4.13. The Hall–Kier alpha value is -2.79. The molecule has 1 fully saturated rings. The summed E-state index contributed by atoms with van der Waals surface area (Å²) >= 11 is 0. The van der Waals surface area contributed by atoms with Gasteiger partial charge in [0.25, 0.3) is 0 Å². The number of hydrogen-bond acceptors (Lipinski definition) is 3. The molecular weight excluding hydrogens is 350 g/mol. The van der Waals surface area contributed by atoms with Gasteiger partial charge in [-0.15, -0.1) is 0 Å². The molecule has 1 aliphatic heterocycles. The lowest BCUT2D eigenvalue weighted by Gasteiger charge is -2.23. The topological polar surface area (TPSA) is 73.8 Å². The number of rotatable bonds is 3. The summed E-state index contributed by atoms with van der Waals surface area (Å²) in [7, 11) is 0. The van der Waals surface area contributed by atoms with E-state index in [1.54, 1.807) is 0 Å². The van der Waals surface area contributed by atoms with Crippen molar-refractivity contribution in [3.05, 3.63) is 58.1 Å². The second-order valence-electron chi connectivity index (χ2n) is 8.12. The number of aromatic nitrogens is 2. The van der Waals surface area contributed by atoms with Gasteiger partial charge in [-0.3, -0.25) is 4.98 Å². The largest absolute Gasteiger partial charge is 0.417 e. The second kappa shape index (κ2) is 6.67. The van der Waals surface area contributed by atoms with Crippen LogP contribution in [0, 0.1) is 0 Å². The molecule has 5 heteroatoms. The first-order valence-corrected chi connectivity index (χ1v) is 10.1. The summed E-state index contributed by atoms with van der Waals surface area (Å²) < 4.78 is 5.15. The van der Waals surface area contributed by atoms with Gasteiger partial charge in [-0.05, 0) is 79.2 Å². The van der Waals surface area contributed by atoms with Crippen molar-refractivity contribution in [2.24, 2.45) is 0 Å². The lowest BCUT2D eigenvalue weighted by molar-refractivity contribution is 0.460. The van der Waals surface area contributed by atoms with Crippen molar-refractivity contribution in [2.75, 3.05) is 13.1 Å². The van der Waals surface area contributed by atoms with Crippen molar-refractivity contribution in [1.82, 2.24) is 15.3 Å². The Bertz CT molecular complexity index is 1210. The summed E-state index contributed by atoms with van der Waals surface area (Å²) in [4.78, 5) is 17.9. The molecular formula is C23H25N3O2. The minimum Gasteiger partial charge on any atom is -0.408 e. The Balaban J connectivity index is 1.67. The van der Waals surface area contributed by atoms with Crippen molar-refractivity contribution in [3.63, 3.8) is 0 Å². The fourth-order valence-electron chi connectivity index (χ4n) is 4.57. The molecule has 0 amide bonds. The van der Waals surface area contributed by atoms with Gasteiger partial charge in [0.2, 0.25) is 0 Å². The molecule has 1 aliphatic rings. The highest BCUT2D eigenvalue weighted by atomic mass is 16.4. The van der Waals surface area contributed by atoms with E-state index in [2.05, 4.69) is 47.3 Å². The monoisotopic (exact) mass is 375 g/mol. The van der Waals surface area contributed by atoms with Crippen LogP contribution < -0.4 is 11.1 Å². The van der Waals surface area contributed by atoms with E-state index in [9.17, 15) is 4.79 Å². The normalized spacial score (nSPS) is 15.8. The van der Waals surface area contributed by atoms with Crippen LogP contribution in [-0.2, 0) is 0 Å². The summed E-state index contributed by atoms with van der Waals surface area (Å²) in [6.07, 6.45) is 2.40. The highest BCUT2D eigenvalue weighted by Gasteiger charge is 2.20. The molecule has 1 saturated heterocycles. The van der Waals surface area contributed by atoms with Gasteiger partial charge >= 0.3 is 5.76 Å². The molecule has 4 aromatic rings. The van der Waals surface area contributed by atoms with Crippen molar-refractivity contribution in [2.45, 2.75) is 38.5 Å². The minimum absolute atomic E-state index is 0.381. The first kappa shape index (κ1) is 17.3. The maximum Gasteiger partial charge on any atom is 0.417 e. The van der Waals surface area contributed by atoms with E-state index in [4.69, 9.17) is 4.42 Å². The third-order valence-electron chi connectivity index (χ3n) is 5.96. The summed E-state index contributed by atoms with van der Waals surface area (Å²) in [5, 5.41) is 4.76. The van der Waals surface area contributed by atoms with Crippen LogP contribution in [0.25, 0.3) is 33.3 Å².